The van der Waals surface area contributed by atoms with Crippen LogP contribution in [-0.4, -0.2) is 0 Å². The molecule has 1 aromatic carbocycles. The van der Waals surface area contributed by atoms with Gasteiger partial charge in [-0.05, 0) is 11.8 Å². The van der Waals surface area contributed by atoms with Crippen molar-refractivity contribution in [3.8, 4) is 0 Å². The van der Waals surface area contributed by atoms with Crippen molar-refractivity contribution in [3.63, 3.8) is 0 Å². The molecular weight excluding hydrogens is 305 g/mol. The van der Waals surface area contributed by atoms with Gasteiger partial charge in [0.15, 0.2) is 0 Å². The van der Waals surface area contributed by atoms with E-state index in [0.29, 0.717) is 0 Å². The van der Waals surface area contributed by atoms with Crippen LogP contribution >= 0.6 is 0 Å². The van der Waals surface area contributed by atoms with E-state index in [-0.39, 0.29) is 32.7 Å². The molecule has 0 amide bonds. The Kier molecular flexibility index (Phi) is 7.84. The van der Waals surface area contributed by atoms with Crippen molar-refractivity contribution in [2.75, 3.05) is 0 Å². The van der Waals surface area contributed by atoms with Gasteiger partial charge in [-0.3, -0.25) is 0 Å². The second-order valence-electron chi connectivity index (χ2n) is 6.37. The van der Waals surface area contributed by atoms with E-state index >= 15 is 0 Å². The standard InChI is InChI=1S/C18H27.Y/c1-14-7-9-17(10-8-14)5-4-6-18-12-15(2)11-16(3)13-18;/h12-14,17H,4-10H2,1-3H3;/q-1;. The molecule has 1 fully saturated rings. The minimum Gasteiger partial charge on any atom is -0.177 e. The van der Waals surface area contributed by atoms with E-state index in [0.717, 1.165) is 11.8 Å². The minimum absolute atomic E-state index is 0. The number of hydrogen-bond donors (Lipinski definition) is 0. The van der Waals surface area contributed by atoms with Crippen LogP contribution in [0.3, 0.4) is 0 Å². The van der Waals surface area contributed by atoms with Gasteiger partial charge in [0, 0.05) is 32.7 Å². The van der Waals surface area contributed by atoms with Gasteiger partial charge in [0.05, 0.1) is 0 Å². The SMILES string of the molecule is Cc1[c-]c(C)cc(CCCC2CCC(C)CC2)c1.[Y]. The van der Waals surface area contributed by atoms with Crippen LogP contribution in [0.25, 0.3) is 0 Å². The van der Waals surface area contributed by atoms with E-state index in [1.54, 1.807) is 0 Å². The third kappa shape index (κ3) is 6.09. The second kappa shape index (κ2) is 8.58. The van der Waals surface area contributed by atoms with E-state index in [2.05, 4.69) is 39.0 Å². The van der Waals surface area contributed by atoms with Gasteiger partial charge in [0.2, 0.25) is 0 Å². The predicted octanol–water partition coefficient (Wildman–Crippen LogP) is 5.25. The van der Waals surface area contributed by atoms with E-state index in [4.69, 9.17) is 0 Å². The molecule has 0 saturated heterocycles. The van der Waals surface area contributed by atoms with Gasteiger partial charge in [-0.2, -0.15) is 34.9 Å². The average Bonchev–Trinajstić information content (AvgIpc) is 2.30. The van der Waals surface area contributed by atoms with Crippen molar-refractivity contribution in [2.24, 2.45) is 11.8 Å². The summed E-state index contributed by atoms with van der Waals surface area (Å²) in [6, 6.07) is 7.96. The van der Waals surface area contributed by atoms with Crippen LogP contribution in [0.5, 0.6) is 0 Å². The Hall–Kier alpha value is 0.324. The molecule has 0 heterocycles. The smallest absolute Gasteiger partial charge is 0 e. The van der Waals surface area contributed by atoms with Crippen LogP contribution in [-0.2, 0) is 39.1 Å². The predicted molar refractivity (Wildman–Crippen MR) is 78.8 cm³/mol. The number of rotatable bonds is 4. The Morgan fingerprint density at radius 3 is 2.21 bits per heavy atom. The van der Waals surface area contributed by atoms with Crippen molar-refractivity contribution in [1.29, 1.82) is 0 Å². The van der Waals surface area contributed by atoms with Crippen LogP contribution in [0.1, 0.15) is 62.1 Å². The fraction of sp³-hybridized carbons (Fsp3) is 0.667. The Morgan fingerprint density at radius 1 is 1.05 bits per heavy atom. The monoisotopic (exact) mass is 332 g/mol. The van der Waals surface area contributed by atoms with Crippen LogP contribution < -0.4 is 0 Å². The van der Waals surface area contributed by atoms with E-state index in [1.807, 2.05) is 0 Å². The normalized spacial score (nSPS) is 22.9. The number of hydrogen-bond acceptors (Lipinski definition) is 0. The van der Waals surface area contributed by atoms with Crippen molar-refractivity contribution >= 4 is 0 Å². The Labute approximate surface area is 144 Å². The molecular formula is C18H27Y-. The van der Waals surface area contributed by atoms with Crippen molar-refractivity contribution in [1.82, 2.24) is 0 Å². The molecule has 0 unspecified atom stereocenters. The topological polar surface area (TPSA) is 0 Å². The molecule has 0 nitrogen and oxygen atoms in total. The summed E-state index contributed by atoms with van der Waals surface area (Å²) in [5, 5.41) is 0. The van der Waals surface area contributed by atoms with Crippen LogP contribution in [0.15, 0.2) is 12.1 Å². The van der Waals surface area contributed by atoms with Gasteiger partial charge in [-0.15, -0.1) is 0 Å². The second-order valence-corrected chi connectivity index (χ2v) is 6.37. The van der Waals surface area contributed by atoms with Crippen LogP contribution in [0.2, 0.25) is 0 Å². The molecule has 0 spiro atoms. The molecule has 103 valence electrons. The summed E-state index contributed by atoms with van der Waals surface area (Å²) in [6.07, 6.45) is 9.92. The largest absolute Gasteiger partial charge is 0.177 e. The molecule has 0 aliphatic heterocycles. The van der Waals surface area contributed by atoms with Gasteiger partial charge >= 0.3 is 0 Å². The van der Waals surface area contributed by atoms with E-state index < -0.39 is 0 Å². The minimum atomic E-state index is 0. The molecule has 0 aromatic heterocycles. The van der Waals surface area contributed by atoms with Crippen molar-refractivity contribution in [2.45, 2.75) is 65.7 Å². The maximum Gasteiger partial charge on any atom is 0 e. The maximum atomic E-state index is 3.36. The first-order valence-corrected chi connectivity index (χ1v) is 7.63. The number of benzene rings is 1. The molecule has 1 aromatic rings. The first-order valence-electron chi connectivity index (χ1n) is 7.63. The number of aryl methyl sites for hydroxylation is 3. The summed E-state index contributed by atoms with van der Waals surface area (Å²) in [7, 11) is 0. The molecule has 1 saturated carbocycles. The van der Waals surface area contributed by atoms with Crippen LogP contribution in [0.4, 0.5) is 0 Å². The van der Waals surface area contributed by atoms with Gasteiger partial charge in [-0.25, -0.2) is 0 Å². The zero-order valence-electron chi connectivity index (χ0n) is 12.8. The molecule has 2 rings (SSSR count). The molecule has 0 atom stereocenters. The summed E-state index contributed by atoms with van der Waals surface area (Å²) in [5.74, 6) is 2.00. The van der Waals surface area contributed by atoms with E-state index in [1.165, 1.54) is 61.6 Å². The van der Waals surface area contributed by atoms with Gasteiger partial charge in [0.25, 0.3) is 0 Å². The third-order valence-corrected chi connectivity index (χ3v) is 4.41. The Morgan fingerprint density at radius 2 is 1.63 bits per heavy atom. The fourth-order valence-electron chi connectivity index (χ4n) is 3.34. The third-order valence-electron chi connectivity index (χ3n) is 4.41. The first kappa shape index (κ1) is 17.4. The summed E-state index contributed by atoms with van der Waals surface area (Å²) in [4.78, 5) is 0. The van der Waals surface area contributed by atoms with Crippen molar-refractivity contribution < 1.29 is 32.7 Å². The molecule has 1 radical (unpaired) electrons. The molecule has 19 heavy (non-hydrogen) atoms. The quantitative estimate of drug-likeness (QED) is 0.661. The van der Waals surface area contributed by atoms with Gasteiger partial charge < -0.3 is 0 Å². The molecule has 0 bridgehead atoms. The Bertz CT molecular complexity index is 355. The summed E-state index contributed by atoms with van der Waals surface area (Å²) < 4.78 is 0. The summed E-state index contributed by atoms with van der Waals surface area (Å²) in [6.45, 7) is 6.71. The van der Waals surface area contributed by atoms with Crippen molar-refractivity contribution in [3.05, 3.63) is 34.9 Å². The molecule has 1 aliphatic carbocycles. The summed E-state index contributed by atoms with van der Waals surface area (Å²) >= 11 is 0. The molecule has 0 N–H and O–H groups in total. The Balaban J connectivity index is 0.00000180. The first-order chi connectivity index (χ1) is 8.63. The molecule has 1 aliphatic rings. The zero-order chi connectivity index (χ0) is 13.0. The van der Waals surface area contributed by atoms with E-state index in [9.17, 15) is 0 Å². The van der Waals surface area contributed by atoms with Crippen LogP contribution in [0, 0.1) is 31.7 Å². The maximum absolute atomic E-state index is 3.36. The average molecular weight is 332 g/mol. The zero-order valence-corrected chi connectivity index (χ0v) is 15.7. The molecule has 1 heteroatoms. The van der Waals surface area contributed by atoms with Gasteiger partial charge in [0.1, 0.15) is 0 Å². The fourth-order valence-corrected chi connectivity index (χ4v) is 3.34. The summed E-state index contributed by atoms with van der Waals surface area (Å²) in [5.41, 5.74) is 4.08. The van der Waals surface area contributed by atoms with Gasteiger partial charge in [-0.1, -0.05) is 65.7 Å².